The molecule has 0 radical (unpaired) electrons. The smallest absolute Gasteiger partial charge is 0.0412 e. The molecule has 32 heavy (non-hydrogen) atoms. The van der Waals surface area contributed by atoms with Gasteiger partial charge in [-0.05, 0) is 95.1 Å². The highest BCUT2D eigenvalue weighted by Crippen LogP contribution is 2.32. The van der Waals surface area contributed by atoms with Crippen molar-refractivity contribution in [2.45, 2.75) is 81.6 Å². The van der Waals surface area contributed by atoms with Crippen molar-refractivity contribution in [3.8, 4) is 0 Å². The largest absolute Gasteiger partial charge is 0.381 e. The first-order valence-electron chi connectivity index (χ1n) is 11.6. The second-order valence-electron chi connectivity index (χ2n) is 8.28. The molecule has 0 unspecified atom stereocenters. The summed E-state index contributed by atoms with van der Waals surface area (Å²) in [5.74, 6) is 0. The van der Waals surface area contributed by atoms with Crippen LogP contribution >= 0.6 is 11.8 Å². The molecule has 4 heteroatoms. The molecule has 0 saturated heterocycles. The zero-order valence-corrected chi connectivity index (χ0v) is 22.9. The summed E-state index contributed by atoms with van der Waals surface area (Å²) in [5.41, 5.74) is 8.83. The molecule has 0 aliphatic carbocycles. The van der Waals surface area contributed by atoms with Gasteiger partial charge in [0.1, 0.15) is 0 Å². The van der Waals surface area contributed by atoms with Gasteiger partial charge in [0.25, 0.3) is 0 Å². The monoisotopic (exact) mass is 455 g/mol. The zero-order valence-electron chi connectivity index (χ0n) is 22.1. The number of aliphatic imine (C=N–C) groups is 1. The fraction of sp³-hybridized carbons (Fsp3) is 0.500. The van der Waals surface area contributed by atoms with Crippen LogP contribution in [0.4, 0.5) is 0 Å². The first-order chi connectivity index (χ1) is 15.1. The molecule has 0 fully saturated rings. The topological polar surface area (TPSA) is 48.2 Å². The first-order valence-corrected chi connectivity index (χ1v) is 12.5. The van der Waals surface area contributed by atoms with Crippen LogP contribution in [0.5, 0.6) is 0 Å². The predicted octanol–water partition coefficient (Wildman–Crippen LogP) is 8.55. The number of unbranched alkanes of at least 4 members (excludes halogenated alkanes) is 1. The van der Waals surface area contributed by atoms with Crippen LogP contribution in [0, 0.1) is 5.41 Å². The Kier molecular flexibility index (Phi) is 15.5. The van der Waals surface area contributed by atoms with Crippen LogP contribution in [-0.2, 0) is 0 Å². The normalized spacial score (nSPS) is 14.9. The maximum absolute atomic E-state index is 8.35. The highest BCUT2D eigenvalue weighted by atomic mass is 32.2. The van der Waals surface area contributed by atoms with E-state index < -0.39 is 0 Å². The molecule has 178 valence electrons. The van der Waals surface area contributed by atoms with Crippen molar-refractivity contribution in [2.24, 2.45) is 4.99 Å². The minimum Gasteiger partial charge on any atom is -0.381 e. The van der Waals surface area contributed by atoms with Gasteiger partial charge in [-0.15, -0.1) is 0 Å². The third-order valence-electron chi connectivity index (χ3n) is 5.05. The van der Waals surface area contributed by atoms with Gasteiger partial charge >= 0.3 is 0 Å². The lowest BCUT2D eigenvalue weighted by molar-refractivity contribution is 0.898. The number of thioether (sulfide) groups is 1. The summed E-state index contributed by atoms with van der Waals surface area (Å²) in [6, 6.07) is 0. The Morgan fingerprint density at radius 3 is 2.19 bits per heavy atom. The lowest BCUT2D eigenvalue weighted by Gasteiger charge is -2.17. The van der Waals surface area contributed by atoms with E-state index in [4.69, 9.17) is 5.41 Å². The van der Waals surface area contributed by atoms with Gasteiger partial charge in [0.2, 0.25) is 0 Å². The fourth-order valence-electron chi connectivity index (χ4n) is 3.05. The Hall–Kier alpha value is -2.07. The van der Waals surface area contributed by atoms with Gasteiger partial charge in [-0.3, -0.25) is 4.99 Å². The molecule has 0 spiro atoms. The third-order valence-corrected chi connectivity index (χ3v) is 6.54. The van der Waals surface area contributed by atoms with E-state index in [0.717, 1.165) is 41.7 Å². The molecule has 0 atom stereocenters. The Bertz CT molecular complexity index is 842. The van der Waals surface area contributed by atoms with Gasteiger partial charge in [0.05, 0.1) is 0 Å². The molecule has 0 aromatic carbocycles. The summed E-state index contributed by atoms with van der Waals surface area (Å²) in [6.45, 7) is 19.8. The molecule has 0 heterocycles. The van der Waals surface area contributed by atoms with Crippen LogP contribution in [-0.4, -0.2) is 25.5 Å². The zero-order chi connectivity index (χ0) is 24.7. The van der Waals surface area contributed by atoms with Crippen molar-refractivity contribution in [3.63, 3.8) is 0 Å². The summed E-state index contributed by atoms with van der Waals surface area (Å²) in [5, 5.41) is 14.2. The molecule has 0 aromatic heterocycles. The average Bonchev–Trinajstić information content (AvgIpc) is 2.74. The fourth-order valence-corrected chi connectivity index (χ4v) is 3.99. The van der Waals surface area contributed by atoms with Crippen molar-refractivity contribution in [1.82, 2.24) is 5.32 Å². The van der Waals surface area contributed by atoms with E-state index in [2.05, 4.69) is 82.4 Å². The molecule has 2 N–H and O–H groups in total. The van der Waals surface area contributed by atoms with Crippen molar-refractivity contribution in [3.05, 3.63) is 67.7 Å². The van der Waals surface area contributed by atoms with Crippen molar-refractivity contribution < 1.29 is 0 Å². The van der Waals surface area contributed by atoms with Crippen LogP contribution in [0.2, 0.25) is 0 Å². The summed E-state index contributed by atoms with van der Waals surface area (Å²) in [7, 11) is 1.80. The van der Waals surface area contributed by atoms with Gasteiger partial charge in [0, 0.05) is 36.1 Å². The minimum atomic E-state index is 0.599. The van der Waals surface area contributed by atoms with Crippen LogP contribution in [0.15, 0.2) is 72.7 Å². The van der Waals surface area contributed by atoms with Crippen molar-refractivity contribution in [1.29, 1.82) is 5.41 Å². The van der Waals surface area contributed by atoms with Gasteiger partial charge in [-0.2, -0.15) is 0 Å². The van der Waals surface area contributed by atoms with Crippen LogP contribution < -0.4 is 5.32 Å². The highest BCUT2D eigenvalue weighted by Gasteiger charge is 2.11. The lowest BCUT2D eigenvalue weighted by atomic mass is 9.98. The molecule has 0 saturated carbocycles. The summed E-state index contributed by atoms with van der Waals surface area (Å²) in [6.07, 6.45) is 11.5. The van der Waals surface area contributed by atoms with Gasteiger partial charge < -0.3 is 10.7 Å². The molecular weight excluding hydrogens is 410 g/mol. The quantitative estimate of drug-likeness (QED) is 0.216. The number of nitrogens with one attached hydrogen (secondary N) is 2. The lowest BCUT2D eigenvalue weighted by Crippen LogP contribution is -2.19. The second-order valence-corrected chi connectivity index (χ2v) is 9.16. The van der Waals surface area contributed by atoms with Crippen molar-refractivity contribution >= 4 is 23.7 Å². The number of hydrogen-bond donors (Lipinski definition) is 2. The summed E-state index contributed by atoms with van der Waals surface area (Å²) < 4.78 is 0. The maximum Gasteiger partial charge on any atom is 0.0412 e. The van der Waals surface area contributed by atoms with E-state index in [0.29, 0.717) is 12.3 Å². The first kappa shape index (κ1) is 29.9. The Labute approximate surface area is 202 Å². The van der Waals surface area contributed by atoms with Crippen LogP contribution in [0.25, 0.3) is 0 Å². The molecule has 0 aliphatic heterocycles. The molecule has 0 aromatic rings. The Morgan fingerprint density at radius 2 is 1.72 bits per heavy atom. The number of rotatable bonds is 13. The average molecular weight is 456 g/mol. The van der Waals surface area contributed by atoms with Crippen molar-refractivity contribution in [2.75, 3.05) is 13.6 Å². The molecule has 0 amide bonds. The second kappa shape index (κ2) is 16.5. The molecule has 0 rings (SSSR count). The van der Waals surface area contributed by atoms with Crippen LogP contribution in [0.3, 0.4) is 0 Å². The SMILES string of the molecule is C/C=C(\C=N/C)CNC(/C=C(C)/C(SC=C(C)C)=C(/C)CC)=C(C)/C(=C/CCC)C(C)=N. The maximum atomic E-state index is 8.35. The predicted molar refractivity (Wildman–Crippen MR) is 149 cm³/mol. The van der Waals surface area contributed by atoms with Gasteiger partial charge in [0.15, 0.2) is 0 Å². The highest BCUT2D eigenvalue weighted by molar-refractivity contribution is 8.06. The minimum absolute atomic E-state index is 0.599. The van der Waals surface area contributed by atoms with E-state index in [1.807, 2.05) is 20.1 Å². The Morgan fingerprint density at radius 1 is 1.06 bits per heavy atom. The number of allylic oxidation sites excluding steroid dienone is 8. The summed E-state index contributed by atoms with van der Waals surface area (Å²) in [4.78, 5) is 5.48. The molecule has 0 bridgehead atoms. The molecule has 3 nitrogen and oxygen atoms in total. The summed E-state index contributed by atoms with van der Waals surface area (Å²) >= 11 is 1.80. The Balaban J connectivity index is 6.58. The standard InChI is InChI=1S/C28H45N3S/c1-11-14-15-26(24(9)29)23(8)27(31-18-25(13-3)17-30-10)16-22(7)28(21(6)12-2)32-19-20(4)5/h13,15-17,19,29,31H,11-12,14,18H2,1-10H3/b22-16+,25-13+,26-15-,27-23+,28-21+,29-24?,30-17-. The number of hydrogen-bond acceptors (Lipinski definition) is 4. The van der Waals surface area contributed by atoms with E-state index in [1.54, 1.807) is 18.8 Å². The third kappa shape index (κ3) is 11.0. The van der Waals surface area contributed by atoms with Gasteiger partial charge in [-0.25, -0.2) is 0 Å². The molecule has 0 aliphatic rings. The van der Waals surface area contributed by atoms with E-state index in [-0.39, 0.29) is 0 Å². The molecular formula is C28H45N3S. The van der Waals surface area contributed by atoms with Gasteiger partial charge in [-0.1, -0.05) is 55.3 Å². The van der Waals surface area contributed by atoms with Crippen LogP contribution in [0.1, 0.15) is 81.6 Å². The van der Waals surface area contributed by atoms with E-state index in [1.165, 1.54) is 21.6 Å². The van der Waals surface area contributed by atoms with E-state index in [9.17, 15) is 0 Å². The number of nitrogens with zero attached hydrogens (tertiary/aromatic N) is 1. The van der Waals surface area contributed by atoms with E-state index >= 15 is 0 Å².